The number of aromatic amines is 1. The van der Waals surface area contributed by atoms with Gasteiger partial charge in [-0.3, -0.25) is 9.89 Å². The predicted molar refractivity (Wildman–Crippen MR) is 92.4 cm³/mol. The van der Waals surface area contributed by atoms with Gasteiger partial charge in [-0.2, -0.15) is 5.10 Å². The standard InChI is InChI=1S/C18H19N3O3/c1-23-14-7-9-15(10-8-14)24-11-3-6-17(22)20-16-5-2-4-13-12-19-21-18(13)16/h2,4-5,7-10,12H,3,6,11H2,1H3,(H,19,21)(H,20,22). The van der Waals surface area contributed by atoms with Crippen LogP contribution in [0, 0.1) is 0 Å². The molecule has 0 saturated heterocycles. The fraction of sp³-hybridized carbons (Fsp3) is 0.222. The number of amides is 1. The molecule has 6 nitrogen and oxygen atoms in total. The van der Waals surface area contributed by atoms with Crippen molar-refractivity contribution < 1.29 is 14.3 Å². The predicted octanol–water partition coefficient (Wildman–Crippen LogP) is 3.37. The SMILES string of the molecule is COc1ccc(OCCCC(=O)Nc2cccc3cn[nH]c23)cc1. The second-order valence-corrected chi connectivity index (χ2v) is 5.32. The maximum absolute atomic E-state index is 12.1. The number of methoxy groups -OCH3 is 1. The van der Waals surface area contributed by atoms with Crippen LogP contribution < -0.4 is 14.8 Å². The van der Waals surface area contributed by atoms with E-state index in [1.54, 1.807) is 13.3 Å². The molecule has 3 aromatic rings. The molecular formula is C18H19N3O3. The second-order valence-electron chi connectivity index (χ2n) is 5.32. The first kappa shape index (κ1) is 15.9. The quantitative estimate of drug-likeness (QED) is 0.653. The van der Waals surface area contributed by atoms with Gasteiger partial charge in [-0.25, -0.2) is 0 Å². The van der Waals surface area contributed by atoms with E-state index in [0.717, 1.165) is 28.1 Å². The largest absolute Gasteiger partial charge is 0.497 e. The first-order valence-corrected chi connectivity index (χ1v) is 7.75. The number of para-hydroxylation sites is 1. The van der Waals surface area contributed by atoms with E-state index in [4.69, 9.17) is 9.47 Å². The first-order chi connectivity index (χ1) is 11.8. The number of ether oxygens (including phenoxy) is 2. The molecule has 1 amide bonds. The molecule has 24 heavy (non-hydrogen) atoms. The van der Waals surface area contributed by atoms with Gasteiger partial charge in [-0.15, -0.1) is 0 Å². The summed E-state index contributed by atoms with van der Waals surface area (Å²) < 4.78 is 10.7. The van der Waals surface area contributed by atoms with Gasteiger partial charge >= 0.3 is 0 Å². The molecule has 2 N–H and O–H groups in total. The average molecular weight is 325 g/mol. The molecule has 124 valence electrons. The highest BCUT2D eigenvalue weighted by Gasteiger charge is 2.07. The summed E-state index contributed by atoms with van der Waals surface area (Å²) in [6.07, 6.45) is 2.76. The number of hydrogen-bond acceptors (Lipinski definition) is 4. The van der Waals surface area contributed by atoms with Crippen LogP contribution in [-0.2, 0) is 4.79 Å². The van der Waals surface area contributed by atoms with Crippen molar-refractivity contribution >= 4 is 22.5 Å². The zero-order valence-corrected chi connectivity index (χ0v) is 13.4. The lowest BCUT2D eigenvalue weighted by Gasteiger charge is -2.08. The summed E-state index contributed by atoms with van der Waals surface area (Å²) in [4.78, 5) is 12.1. The number of nitrogens with zero attached hydrogens (tertiary/aromatic N) is 1. The molecule has 0 fully saturated rings. The minimum Gasteiger partial charge on any atom is -0.497 e. The molecular weight excluding hydrogens is 306 g/mol. The fourth-order valence-electron chi connectivity index (χ4n) is 2.38. The lowest BCUT2D eigenvalue weighted by atomic mass is 10.2. The van der Waals surface area contributed by atoms with E-state index in [1.807, 2.05) is 42.5 Å². The minimum atomic E-state index is -0.0459. The van der Waals surface area contributed by atoms with Crippen LogP contribution in [0.4, 0.5) is 5.69 Å². The highest BCUT2D eigenvalue weighted by molar-refractivity contribution is 6.00. The van der Waals surface area contributed by atoms with Crippen LogP contribution in [0.1, 0.15) is 12.8 Å². The third-order valence-electron chi connectivity index (χ3n) is 3.63. The number of carbonyl (C=O) groups is 1. The summed E-state index contributed by atoms with van der Waals surface area (Å²) in [5, 5.41) is 10.7. The van der Waals surface area contributed by atoms with Gasteiger partial charge in [0.05, 0.1) is 31.1 Å². The fourth-order valence-corrected chi connectivity index (χ4v) is 2.38. The molecule has 3 rings (SSSR count). The Hall–Kier alpha value is -3.02. The summed E-state index contributed by atoms with van der Waals surface area (Å²) in [7, 11) is 1.62. The van der Waals surface area contributed by atoms with E-state index < -0.39 is 0 Å². The van der Waals surface area contributed by atoms with Gasteiger partial charge in [0.1, 0.15) is 11.5 Å². The van der Waals surface area contributed by atoms with Crippen molar-refractivity contribution in [2.24, 2.45) is 0 Å². The first-order valence-electron chi connectivity index (χ1n) is 7.75. The van der Waals surface area contributed by atoms with E-state index in [2.05, 4.69) is 15.5 Å². The van der Waals surface area contributed by atoms with Crippen LogP contribution in [0.25, 0.3) is 10.9 Å². The number of anilines is 1. The van der Waals surface area contributed by atoms with E-state index in [0.29, 0.717) is 19.4 Å². The van der Waals surface area contributed by atoms with E-state index in [9.17, 15) is 4.79 Å². The highest BCUT2D eigenvalue weighted by atomic mass is 16.5. The number of H-pyrrole nitrogens is 1. The molecule has 0 aliphatic carbocycles. The Labute approximate surface area is 139 Å². The van der Waals surface area contributed by atoms with Crippen LogP contribution >= 0.6 is 0 Å². The van der Waals surface area contributed by atoms with Crippen LogP contribution in [0.3, 0.4) is 0 Å². The maximum atomic E-state index is 12.1. The number of rotatable bonds is 7. The monoisotopic (exact) mass is 325 g/mol. The summed E-state index contributed by atoms with van der Waals surface area (Å²) in [6, 6.07) is 13.1. The Morgan fingerprint density at radius 2 is 1.96 bits per heavy atom. The highest BCUT2D eigenvalue weighted by Crippen LogP contribution is 2.21. The molecule has 1 heterocycles. The molecule has 0 spiro atoms. The molecule has 0 radical (unpaired) electrons. The Kier molecular flexibility index (Phi) is 4.96. The molecule has 0 saturated carbocycles. The van der Waals surface area contributed by atoms with Crippen LogP contribution in [0.2, 0.25) is 0 Å². The van der Waals surface area contributed by atoms with Gasteiger partial charge in [0, 0.05) is 11.8 Å². The van der Waals surface area contributed by atoms with Crippen LogP contribution in [0.15, 0.2) is 48.7 Å². The minimum absolute atomic E-state index is 0.0459. The van der Waals surface area contributed by atoms with Gasteiger partial charge < -0.3 is 14.8 Å². The van der Waals surface area contributed by atoms with Crippen molar-refractivity contribution in [3.63, 3.8) is 0 Å². The normalized spacial score (nSPS) is 10.5. The number of fused-ring (bicyclic) bond motifs is 1. The second kappa shape index (κ2) is 7.50. The third kappa shape index (κ3) is 3.84. The number of aromatic nitrogens is 2. The van der Waals surface area contributed by atoms with Crippen LogP contribution in [-0.4, -0.2) is 29.8 Å². The summed E-state index contributed by atoms with van der Waals surface area (Å²) in [5.74, 6) is 1.50. The molecule has 0 aliphatic heterocycles. The molecule has 0 atom stereocenters. The summed E-state index contributed by atoms with van der Waals surface area (Å²) in [5.41, 5.74) is 1.58. The zero-order valence-electron chi connectivity index (χ0n) is 13.4. The van der Waals surface area contributed by atoms with Gasteiger partial charge in [0.25, 0.3) is 0 Å². The molecule has 2 aromatic carbocycles. The molecule has 0 unspecified atom stereocenters. The van der Waals surface area contributed by atoms with Crippen LogP contribution in [0.5, 0.6) is 11.5 Å². The Morgan fingerprint density at radius 3 is 2.75 bits per heavy atom. The molecule has 0 bridgehead atoms. The lowest BCUT2D eigenvalue weighted by Crippen LogP contribution is -2.13. The number of nitrogens with one attached hydrogen (secondary N) is 2. The Morgan fingerprint density at radius 1 is 1.17 bits per heavy atom. The van der Waals surface area contributed by atoms with Crippen molar-refractivity contribution in [3.8, 4) is 11.5 Å². The van der Waals surface area contributed by atoms with Gasteiger partial charge in [-0.1, -0.05) is 12.1 Å². The van der Waals surface area contributed by atoms with Gasteiger partial charge in [0.15, 0.2) is 0 Å². The molecule has 1 aromatic heterocycles. The van der Waals surface area contributed by atoms with Crippen molar-refractivity contribution in [1.82, 2.24) is 10.2 Å². The van der Waals surface area contributed by atoms with Gasteiger partial charge in [-0.05, 0) is 36.8 Å². The van der Waals surface area contributed by atoms with Crippen molar-refractivity contribution in [1.29, 1.82) is 0 Å². The van der Waals surface area contributed by atoms with Gasteiger partial charge in [0.2, 0.25) is 5.91 Å². The topological polar surface area (TPSA) is 76.2 Å². The Bertz CT molecular complexity index is 812. The van der Waals surface area contributed by atoms with E-state index in [-0.39, 0.29) is 5.91 Å². The van der Waals surface area contributed by atoms with E-state index in [1.165, 1.54) is 0 Å². The number of hydrogen-bond donors (Lipinski definition) is 2. The average Bonchev–Trinajstić information content (AvgIpc) is 3.09. The smallest absolute Gasteiger partial charge is 0.224 e. The molecule has 0 aliphatic rings. The Balaban J connectivity index is 1.45. The zero-order chi connectivity index (χ0) is 16.8. The third-order valence-corrected chi connectivity index (χ3v) is 3.63. The summed E-state index contributed by atoms with van der Waals surface area (Å²) >= 11 is 0. The maximum Gasteiger partial charge on any atom is 0.224 e. The van der Waals surface area contributed by atoms with E-state index >= 15 is 0 Å². The van der Waals surface area contributed by atoms with Crippen molar-refractivity contribution in [3.05, 3.63) is 48.7 Å². The van der Waals surface area contributed by atoms with Crippen molar-refractivity contribution in [2.75, 3.05) is 19.0 Å². The summed E-state index contributed by atoms with van der Waals surface area (Å²) in [6.45, 7) is 0.480. The lowest BCUT2D eigenvalue weighted by molar-refractivity contribution is -0.116. The number of carbonyl (C=O) groups excluding carboxylic acids is 1. The van der Waals surface area contributed by atoms with Crippen molar-refractivity contribution in [2.45, 2.75) is 12.8 Å². The molecule has 6 heteroatoms. The number of benzene rings is 2.